The molecule has 302 valence electrons. The summed E-state index contributed by atoms with van der Waals surface area (Å²) in [5.41, 5.74) is 17.0. The van der Waals surface area contributed by atoms with Crippen LogP contribution in [0.1, 0.15) is 61.8 Å². The van der Waals surface area contributed by atoms with Crippen LogP contribution in [0.5, 0.6) is 0 Å². The summed E-state index contributed by atoms with van der Waals surface area (Å²) in [6.07, 6.45) is 0. The van der Waals surface area contributed by atoms with Gasteiger partial charge in [-0.2, -0.15) is 0 Å². The van der Waals surface area contributed by atoms with E-state index in [1.165, 1.54) is 99.6 Å². The van der Waals surface area contributed by atoms with Crippen molar-refractivity contribution >= 4 is 66.4 Å². The van der Waals surface area contributed by atoms with Crippen molar-refractivity contribution in [3.63, 3.8) is 0 Å². The maximum atomic E-state index is 2.54. The number of hydrogen-bond acceptors (Lipinski definition) is 2. The summed E-state index contributed by atoms with van der Waals surface area (Å²) >= 11 is 0. The van der Waals surface area contributed by atoms with Crippen LogP contribution in [0, 0.1) is 13.8 Å². The molecule has 0 spiro atoms. The Morgan fingerprint density at radius 3 is 1.03 bits per heavy atom. The lowest BCUT2D eigenvalue weighted by Gasteiger charge is -2.33. The second kappa shape index (κ2) is 16.0. The van der Waals surface area contributed by atoms with E-state index in [9.17, 15) is 0 Å². The van der Waals surface area contributed by atoms with E-state index in [1.807, 2.05) is 0 Å². The van der Waals surface area contributed by atoms with Gasteiger partial charge in [-0.25, -0.2) is 0 Å². The van der Waals surface area contributed by atoms with Crippen molar-refractivity contribution in [3.8, 4) is 22.3 Å². The Labute approximate surface area is 366 Å². The second-order valence-electron chi connectivity index (χ2n) is 17.4. The van der Waals surface area contributed by atoms with Gasteiger partial charge in [0.05, 0.1) is 22.7 Å². The molecule has 2 nitrogen and oxygen atoms in total. The predicted octanol–water partition coefficient (Wildman–Crippen LogP) is 17.7. The molecule has 0 saturated heterocycles. The molecular formula is C60H52N2. The molecule has 62 heavy (non-hydrogen) atoms. The first kappa shape index (κ1) is 39.0. The van der Waals surface area contributed by atoms with E-state index in [1.54, 1.807) is 0 Å². The Morgan fingerprint density at radius 1 is 0.339 bits per heavy atom. The highest BCUT2D eigenvalue weighted by Crippen LogP contribution is 2.53. The molecule has 0 N–H and O–H groups in total. The summed E-state index contributed by atoms with van der Waals surface area (Å²) in [5.74, 6) is 0.568. The number of hydrogen-bond donors (Lipinski definition) is 0. The van der Waals surface area contributed by atoms with Crippen LogP contribution in [0.4, 0.5) is 34.1 Å². The summed E-state index contributed by atoms with van der Waals surface area (Å²) < 4.78 is 0. The Morgan fingerprint density at radius 2 is 0.677 bits per heavy atom. The fourth-order valence-corrected chi connectivity index (χ4v) is 9.88. The molecule has 10 aromatic carbocycles. The topological polar surface area (TPSA) is 6.48 Å². The summed E-state index contributed by atoms with van der Waals surface area (Å²) in [4.78, 5) is 5.07. The van der Waals surface area contributed by atoms with Crippen LogP contribution >= 0.6 is 0 Å². The molecule has 0 aliphatic heterocycles. The number of benzene rings is 10. The molecule has 0 aliphatic rings. The predicted molar refractivity (Wildman–Crippen MR) is 268 cm³/mol. The molecule has 0 fully saturated rings. The monoisotopic (exact) mass is 800 g/mol. The molecule has 2 heteroatoms. The zero-order valence-electron chi connectivity index (χ0n) is 36.5. The Bertz CT molecular complexity index is 2970. The Balaban J connectivity index is 1.35. The number of rotatable bonds is 10. The Hall–Kier alpha value is -7.16. The quantitative estimate of drug-likeness (QED) is 0.127. The molecule has 0 radical (unpaired) electrons. The third-order valence-electron chi connectivity index (χ3n) is 12.8. The van der Waals surface area contributed by atoms with E-state index in [4.69, 9.17) is 0 Å². The molecular weight excluding hydrogens is 749 g/mol. The van der Waals surface area contributed by atoms with Gasteiger partial charge in [-0.1, -0.05) is 185 Å². The average Bonchev–Trinajstić information content (AvgIpc) is 3.30. The fourth-order valence-electron chi connectivity index (χ4n) is 9.88. The van der Waals surface area contributed by atoms with Crippen LogP contribution in [-0.4, -0.2) is 0 Å². The maximum absolute atomic E-state index is 2.54. The fraction of sp³-hybridized carbons (Fsp3) is 0.133. The van der Waals surface area contributed by atoms with Crippen molar-refractivity contribution in [2.24, 2.45) is 0 Å². The van der Waals surface area contributed by atoms with Crippen LogP contribution in [0.15, 0.2) is 194 Å². The highest BCUT2D eigenvalue weighted by molar-refractivity contribution is 6.29. The van der Waals surface area contributed by atoms with E-state index in [-0.39, 0.29) is 11.8 Å². The van der Waals surface area contributed by atoms with E-state index in [0.29, 0.717) is 0 Å². The van der Waals surface area contributed by atoms with Gasteiger partial charge in [0, 0.05) is 33.3 Å². The number of anilines is 6. The molecule has 0 atom stereocenters. The van der Waals surface area contributed by atoms with E-state index < -0.39 is 0 Å². The van der Waals surface area contributed by atoms with Crippen molar-refractivity contribution in [1.82, 2.24) is 0 Å². The normalized spacial score (nSPS) is 11.7. The van der Waals surface area contributed by atoms with Gasteiger partial charge in [0.2, 0.25) is 0 Å². The average molecular weight is 801 g/mol. The highest BCUT2D eigenvalue weighted by atomic mass is 15.2. The molecule has 0 aliphatic carbocycles. The molecule has 0 bridgehead atoms. The lowest BCUT2D eigenvalue weighted by Crippen LogP contribution is -2.15. The van der Waals surface area contributed by atoms with Gasteiger partial charge < -0.3 is 9.80 Å². The van der Waals surface area contributed by atoms with Crippen LogP contribution in [0.3, 0.4) is 0 Å². The van der Waals surface area contributed by atoms with E-state index in [0.717, 1.165) is 11.4 Å². The Kier molecular flexibility index (Phi) is 10.1. The minimum atomic E-state index is 0.284. The van der Waals surface area contributed by atoms with Gasteiger partial charge in [0.1, 0.15) is 0 Å². The van der Waals surface area contributed by atoms with Crippen molar-refractivity contribution in [2.75, 3.05) is 9.80 Å². The van der Waals surface area contributed by atoms with Crippen LogP contribution in [-0.2, 0) is 0 Å². The maximum Gasteiger partial charge on any atom is 0.0569 e. The minimum absolute atomic E-state index is 0.284. The van der Waals surface area contributed by atoms with Gasteiger partial charge in [-0.3, -0.25) is 0 Å². The number of nitrogens with zero attached hydrogens (tertiary/aromatic N) is 2. The van der Waals surface area contributed by atoms with Gasteiger partial charge in [-0.05, 0) is 117 Å². The van der Waals surface area contributed by atoms with Crippen molar-refractivity contribution in [3.05, 3.63) is 216 Å². The standard InChI is InChI=1S/C60H52N2/c1-39(2)53-37-55(61(45-27-15-9-16-28-45)59-41(5)21-19-31-47(59)43-23-11-7-12-24-43)51-36-34-50-54(40(3)4)38-56(52-35-33-49(53)57(51)58(50)52)62(46-29-17-10-18-30-46)60-42(6)22-20-32-48(60)44-25-13-8-14-26-44/h7-40H,1-6H3. The number of para-hydroxylation sites is 4. The van der Waals surface area contributed by atoms with Gasteiger partial charge in [0.25, 0.3) is 0 Å². The lowest BCUT2D eigenvalue weighted by atomic mass is 9.83. The van der Waals surface area contributed by atoms with Crippen LogP contribution in [0.2, 0.25) is 0 Å². The van der Waals surface area contributed by atoms with Crippen LogP contribution < -0.4 is 9.80 Å². The van der Waals surface area contributed by atoms with Crippen molar-refractivity contribution < 1.29 is 0 Å². The third kappa shape index (κ3) is 6.59. The molecule has 0 saturated carbocycles. The summed E-state index contributed by atoms with van der Waals surface area (Å²) in [7, 11) is 0. The van der Waals surface area contributed by atoms with E-state index in [2.05, 4.69) is 245 Å². The molecule has 10 rings (SSSR count). The van der Waals surface area contributed by atoms with E-state index >= 15 is 0 Å². The highest BCUT2D eigenvalue weighted by Gasteiger charge is 2.28. The zero-order valence-corrected chi connectivity index (χ0v) is 36.5. The first-order valence-electron chi connectivity index (χ1n) is 22.1. The summed E-state index contributed by atoms with van der Waals surface area (Å²) in [6.45, 7) is 13.9. The van der Waals surface area contributed by atoms with Crippen molar-refractivity contribution in [1.29, 1.82) is 0 Å². The molecule has 0 amide bonds. The summed E-state index contributed by atoms with van der Waals surface area (Å²) in [6, 6.07) is 71.7. The molecule has 0 unspecified atom stereocenters. The second-order valence-corrected chi connectivity index (χ2v) is 17.4. The zero-order chi connectivity index (χ0) is 42.5. The third-order valence-corrected chi connectivity index (χ3v) is 12.8. The first-order valence-corrected chi connectivity index (χ1v) is 22.1. The van der Waals surface area contributed by atoms with Crippen molar-refractivity contribution in [2.45, 2.75) is 53.4 Å². The molecule has 0 aromatic heterocycles. The molecule has 10 aromatic rings. The lowest BCUT2D eigenvalue weighted by molar-refractivity contribution is 0.875. The smallest absolute Gasteiger partial charge is 0.0569 e. The SMILES string of the molecule is Cc1cccc(-c2ccccc2)c1N(c1ccccc1)c1cc(C(C)C)c2ccc3c(N(c4ccccc4)c4c(C)cccc4-c4ccccc4)cc(C(C)C)c4ccc1c2c43. The van der Waals surface area contributed by atoms with Gasteiger partial charge in [-0.15, -0.1) is 0 Å². The summed E-state index contributed by atoms with van der Waals surface area (Å²) in [5, 5.41) is 7.76. The van der Waals surface area contributed by atoms with Gasteiger partial charge >= 0.3 is 0 Å². The molecule has 0 heterocycles. The van der Waals surface area contributed by atoms with Crippen LogP contribution in [0.25, 0.3) is 54.6 Å². The minimum Gasteiger partial charge on any atom is -0.309 e. The van der Waals surface area contributed by atoms with Gasteiger partial charge in [0.15, 0.2) is 0 Å². The number of aryl methyl sites for hydroxylation is 2. The largest absolute Gasteiger partial charge is 0.309 e. The first-order chi connectivity index (χ1) is 30.3.